The van der Waals surface area contributed by atoms with Gasteiger partial charge < -0.3 is 5.32 Å². The van der Waals surface area contributed by atoms with E-state index >= 15 is 0 Å². The number of hydrogen-bond donors (Lipinski definition) is 1. The summed E-state index contributed by atoms with van der Waals surface area (Å²) in [5.74, 6) is 0. The van der Waals surface area contributed by atoms with Crippen molar-refractivity contribution in [2.75, 3.05) is 0 Å². The normalized spacial score (nSPS) is 24.7. The molecule has 0 radical (unpaired) electrons. The zero-order valence-electron chi connectivity index (χ0n) is 12.4. The molecule has 2 heteroatoms. The summed E-state index contributed by atoms with van der Waals surface area (Å²) in [6.07, 6.45) is 6.57. The Morgan fingerprint density at radius 1 is 1.21 bits per heavy atom. The van der Waals surface area contributed by atoms with E-state index in [4.69, 9.17) is 11.6 Å². The highest BCUT2D eigenvalue weighted by Crippen LogP contribution is 2.34. The van der Waals surface area contributed by atoms with Gasteiger partial charge in [-0.3, -0.25) is 0 Å². The van der Waals surface area contributed by atoms with Crippen LogP contribution in [-0.2, 0) is 0 Å². The van der Waals surface area contributed by atoms with Crippen molar-refractivity contribution in [2.24, 2.45) is 5.41 Å². The Hall–Kier alpha value is -0.530. The predicted molar refractivity (Wildman–Crippen MR) is 83.7 cm³/mol. The van der Waals surface area contributed by atoms with Crippen molar-refractivity contribution >= 4 is 11.6 Å². The molecule has 0 saturated heterocycles. The molecule has 0 aliphatic heterocycles. The summed E-state index contributed by atoms with van der Waals surface area (Å²) in [7, 11) is 0. The number of nitrogens with one attached hydrogen (secondary N) is 1. The molecule has 1 unspecified atom stereocenters. The maximum Gasteiger partial charge on any atom is 0.0453 e. The lowest BCUT2D eigenvalue weighted by molar-refractivity contribution is 0.307. The highest BCUT2D eigenvalue weighted by atomic mass is 35.5. The molecule has 1 aromatic rings. The van der Waals surface area contributed by atoms with Crippen LogP contribution in [0.1, 0.15) is 64.5 Å². The average molecular weight is 280 g/mol. The number of rotatable bonds is 3. The SMILES string of the molecule is C[C@H](NC1CCCC(C)(C)CC1)c1ccccc1Cl. The summed E-state index contributed by atoms with van der Waals surface area (Å²) >= 11 is 6.27. The van der Waals surface area contributed by atoms with Crippen molar-refractivity contribution in [1.29, 1.82) is 0 Å². The fourth-order valence-electron chi connectivity index (χ4n) is 3.10. The summed E-state index contributed by atoms with van der Waals surface area (Å²) in [6.45, 7) is 7.01. The van der Waals surface area contributed by atoms with Crippen molar-refractivity contribution in [3.63, 3.8) is 0 Å². The van der Waals surface area contributed by atoms with Crippen LogP contribution in [0.2, 0.25) is 5.02 Å². The quantitative estimate of drug-likeness (QED) is 0.736. The molecular weight excluding hydrogens is 254 g/mol. The molecular formula is C17H26ClN. The molecule has 0 amide bonds. The van der Waals surface area contributed by atoms with Crippen LogP contribution >= 0.6 is 11.6 Å². The van der Waals surface area contributed by atoms with Gasteiger partial charge in [-0.25, -0.2) is 0 Å². The third-order valence-electron chi connectivity index (χ3n) is 4.43. The van der Waals surface area contributed by atoms with Gasteiger partial charge in [0.05, 0.1) is 0 Å². The first kappa shape index (κ1) is 14.9. The second-order valence-electron chi connectivity index (χ2n) is 6.70. The number of benzene rings is 1. The van der Waals surface area contributed by atoms with Gasteiger partial charge in [-0.1, -0.05) is 50.1 Å². The maximum atomic E-state index is 6.27. The van der Waals surface area contributed by atoms with E-state index in [1.54, 1.807) is 0 Å². The van der Waals surface area contributed by atoms with Crippen molar-refractivity contribution in [3.8, 4) is 0 Å². The Kier molecular flexibility index (Phi) is 4.92. The second kappa shape index (κ2) is 6.28. The Bertz CT molecular complexity index is 413. The lowest BCUT2D eigenvalue weighted by atomic mass is 9.85. The fraction of sp³-hybridized carbons (Fsp3) is 0.647. The Balaban J connectivity index is 1.96. The molecule has 1 N–H and O–H groups in total. The van der Waals surface area contributed by atoms with Crippen LogP contribution < -0.4 is 5.32 Å². The first-order valence-corrected chi connectivity index (χ1v) is 7.86. The minimum Gasteiger partial charge on any atom is -0.307 e. The van der Waals surface area contributed by atoms with Gasteiger partial charge in [0.2, 0.25) is 0 Å². The molecule has 1 aromatic carbocycles. The van der Waals surface area contributed by atoms with E-state index < -0.39 is 0 Å². The minimum absolute atomic E-state index is 0.333. The van der Waals surface area contributed by atoms with E-state index in [-0.39, 0.29) is 0 Å². The molecule has 0 heterocycles. The highest BCUT2D eigenvalue weighted by Gasteiger charge is 2.25. The molecule has 2 rings (SSSR count). The van der Waals surface area contributed by atoms with Gasteiger partial charge >= 0.3 is 0 Å². The third-order valence-corrected chi connectivity index (χ3v) is 4.78. The third kappa shape index (κ3) is 4.22. The van der Waals surface area contributed by atoms with E-state index in [1.807, 2.05) is 12.1 Å². The molecule has 1 aliphatic rings. The standard InChI is InChI=1S/C17H26ClN/c1-13(15-8-4-5-9-16(15)18)19-14-7-6-11-17(2,3)12-10-14/h4-5,8-9,13-14,19H,6-7,10-12H2,1-3H3/t13-,14?/m0/s1. The van der Waals surface area contributed by atoms with E-state index in [1.165, 1.54) is 37.7 Å². The molecule has 2 atom stereocenters. The van der Waals surface area contributed by atoms with Crippen molar-refractivity contribution < 1.29 is 0 Å². The first-order chi connectivity index (χ1) is 8.98. The van der Waals surface area contributed by atoms with Gasteiger partial charge in [0.1, 0.15) is 0 Å². The maximum absolute atomic E-state index is 6.27. The highest BCUT2D eigenvalue weighted by molar-refractivity contribution is 6.31. The minimum atomic E-state index is 0.333. The number of halogens is 1. The molecule has 0 spiro atoms. The Morgan fingerprint density at radius 3 is 2.68 bits per heavy atom. The zero-order valence-corrected chi connectivity index (χ0v) is 13.1. The van der Waals surface area contributed by atoms with E-state index in [9.17, 15) is 0 Å². The van der Waals surface area contributed by atoms with Gasteiger partial charge in [0.25, 0.3) is 0 Å². The molecule has 0 aromatic heterocycles. The monoisotopic (exact) mass is 279 g/mol. The van der Waals surface area contributed by atoms with Crippen LogP contribution in [-0.4, -0.2) is 6.04 Å². The van der Waals surface area contributed by atoms with E-state index in [2.05, 4.69) is 38.2 Å². The molecule has 0 bridgehead atoms. The van der Waals surface area contributed by atoms with Crippen LogP contribution in [0.4, 0.5) is 0 Å². The Labute approximate surface area is 122 Å². The van der Waals surface area contributed by atoms with Gasteiger partial charge in [0.15, 0.2) is 0 Å². The lowest BCUT2D eigenvalue weighted by Crippen LogP contribution is -2.31. The van der Waals surface area contributed by atoms with Gasteiger partial charge in [-0.05, 0) is 49.7 Å². The van der Waals surface area contributed by atoms with Crippen LogP contribution in [0, 0.1) is 5.41 Å². The van der Waals surface area contributed by atoms with Crippen LogP contribution in [0.3, 0.4) is 0 Å². The smallest absolute Gasteiger partial charge is 0.0453 e. The molecule has 1 saturated carbocycles. The molecule has 106 valence electrons. The summed E-state index contributed by atoms with van der Waals surface area (Å²) in [5, 5.41) is 4.64. The molecule has 1 nitrogen and oxygen atoms in total. The van der Waals surface area contributed by atoms with Crippen LogP contribution in [0.5, 0.6) is 0 Å². The van der Waals surface area contributed by atoms with Gasteiger partial charge in [-0.2, -0.15) is 0 Å². The van der Waals surface area contributed by atoms with Crippen molar-refractivity contribution in [2.45, 2.75) is 65.0 Å². The lowest BCUT2D eigenvalue weighted by Gasteiger charge is -2.24. The fourth-order valence-corrected chi connectivity index (χ4v) is 3.40. The summed E-state index contributed by atoms with van der Waals surface area (Å²) in [4.78, 5) is 0. The van der Waals surface area contributed by atoms with Crippen LogP contribution in [0.15, 0.2) is 24.3 Å². The molecule has 19 heavy (non-hydrogen) atoms. The summed E-state index contributed by atoms with van der Waals surface area (Å²) in [5.41, 5.74) is 1.73. The van der Waals surface area contributed by atoms with Crippen LogP contribution in [0.25, 0.3) is 0 Å². The van der Waals surface area contributed by atoms with Crippen molar-refractivity contribution in [1.82, 2.24) is 5.32 Å². The Morgan fingerprint density at radius 2 is 1.95 bits per heavy atom. The van der Waals surface area contributed by atoms with E-state index in [0.717, 1.165) is 5.02 Å². The van der Waals surface area contributed by atoms with Gasteiger partial charge in [-0.15, -0.1) is 0 Å². The number of hydrogen-bond acceptors (Lipinski definition) is 1. The largest absolute Gasteiger partial charge is 0.307 e. The zero-order chi connectivity index (χ0) is 13.9. The summed E-state index contributed by atoms with van der Waals surface area (Å²) in [6, 6.07) is 9.13. The molecule has 1 aliphatic carbocycles. The average Bonchev–Trinajstić information content (AvgIpc) is 2.51. The van der Waals surface area contributed by atoms with Gasteiger partial charge in [0, 0.05) is 17.1 Å². The van der Waals surface area contributed by atoms with Crippen molar-refractivity contribution in [3.05, 3.63) is 34.9 Å². The topological polar surface area (TPSA) is 12.0 Å². The second-order valence-corrected chi connectivity index (χ2v) is 7.11. The predicted octanol–water partition coefficient (Wildman–Crippen LogP) is 5.35. The van der Waals surface area contributed by atoms with E-state index in [0.29, 0.717) is 17.5 Å². The summed E-state index contributed by atoms with van der Waals surface area (Å²) < 4.78 is 0. The molecule has 1 fully saturated rings. The first-order valence-electron chi connectivity index (χ1n) is 7.48.